The lowest BCUT2D eigenvalue weighted by molar-refractivity contribution is 0.0779. The van der Waals surface area contributed by atoms with Crippen molar-refractivity contribution in [3.05, 3.63) is 47.0 Å². The van der Waals surface area contributed by atoms with Crippen molar-refractivity contribution in [2.24, 2.45) is 0 Å². The molecular weight excluding hydrogens is 372 g/mol. The molecule has 2 atom stereocenters. The zero-order valence-corrected chi connectivity index (χ0v) is 15.3. The second-order valence-electron chi connectivity index (χ2n) is 6.47. The highest BCUT2D eigenvalue weighted by atomic mass is 32.1. The van der Waals surface area contributed by atoms with Gasteiger partial charge in [-0.2, -0.15) is 0 Å². The number of rotatable bonds is 4. The Bertz CT molecular complexity index is 995. The third-order valence-corrected chi connectivity index (χ3v) is 5.41. The SMILES string of the molecule is CC(Nc1nc(C(=O)N2CC[C@@H](F)C2)c2sccc2n1)c1cncc(F)c1. The lowest BCUT2D eigenvalue weighted by Gasteiger charge is -2.17. The van der Waals surface area contributed by atoms with Crippen LogP contribution in [0.25, 0.3) is 10.2 Å². The molecule has 0 spiro atoms. The normalized spacial score (nSPS) is 18.0. The smallest absolute Gasteiger partial charge is 0.274 e. The number of hydrogen-bond acceptors (Lipinski definition) is 6. The van der Waals surface area contributed by atoms with E-state index in [1.807, 2.05) is 12.3 Å². The van der Waals surface area contributed by atoms with E-state index in [1.54, 1.807) is 12.3 Å². The Hall–Kier alpha value is -2.68. The molecule has 9 heteroatoms. The number of anilines is 1. The Labute approximate surface area is 158 Å². The van der Waals surface area contributed by atoms with Crippen molar-refractivity contribution < 1.29 is 13.6 Å². The van der Waals surface area contributed by atoms with E-state index in [-0.39, 0.29) is 30.1 Å². The summed E-state index contributed by atoms with van der Waals surface area (Å²) in [7, 11) is 0. The standard InChI is InChI=1S/C18H17F2N5OS/c1-10(11-6-13(20)8-21-7-11)22-18-23-14-3-5-27-16(14)15(24-18)17(26)25-4-2-12(19)9-25/h3,5-8,10,12H,2,4,9H2,1H3,(H,22,23,24)/t10?,12-/m1/s1. The van der Waals surface area contributed by atoms with Gasteiger partial charge in [0.25, 0.3) is 5.91 Å². The van der Waals surface area contributed by atoms with Crippen molar-refractivity contribution >= 4 is 33.4 Å². The van der Waals surface area contributed by atoms with E-state index in [4.69, 9.17) is 0 Å². The maximum atomic E-state index is 13.5. The third kappa shape index (κ3) is 3.59. The van der Waals surface area contributed by atoms with Crippen molar-refractivity contribution in [1.82, 2.24) is 19.9 Å². The first-order valence-corrected chi connectivity index (χ1v) is 9.45. The Morgan fingerprint density at radius 3 is 3.00 bits per heavy atom. The summed E-state index contributed by atoms with van der Waals surface area (Å²) in [5.41, 5.74) is 1.54. The van der Waals surface area contributed by atoms with Gasteiger partial charge < -0.3 is 10.2 Å². The Kier molecular flexibility index (Phi) is 4.69. The van der Waals surface area contributed by atoms with Crippen LogP contribution >= 0.6 is 11.3 Å². The second kappa shape index (κ2) is 7.15. The molecule has 1 amide bonds. The van der Waals surface area contributed by atoms with Gasteiger partial charge in [-0.3, -0.25) is 9.78 Å². The summed E-state index contributed by atoms with van der Waals surface area (Å²) in [5.74, 6) is -0.467. The summed E-state index contributed by atoms with van der Waals surface area (Å²) in [5, 5.41) is 4.93. The summed E-state index contributed by atoms with van der Waals surface area (Å²) in [6.45, 7) is 2.29. The van der Waals surface area contributed by atoms with Gasteiger partial charge in [0.15, 0.2) is 5.69 Å². The largest absolute Gasteiger partial charge is 0.348 e. The van der Waals surface area contributed by atoms with Crippen molar-refractivity contribution in [2.75, 3.05) is 18.4 Å². The van der Waals surface area contributed by atoms with Gasteiger partial charge in [0.1, 0.15) is 12.0 Å². The van der Waals surface area contributed by atoms with Gasteiger partial charge in [-0.05, 0) is 36.4 Å². The van der Waals surface area contributed by atoms with Crippen LogP contribution in [0.4, 0.5) is 14.7 Å². The molecule has 1 saturated heterocycles. The number of fused-ring (bicyclic) bond motifs is 1. The molecular formula is C18H17F2N5OS. The zero-order chi connectivity index (χ0) is 19.0. The minimum atomic E-state index is -0.993. The lowest BCUT2D eigenvalue weighted by Crippen LogP contribution is -2.30. The third-order valence-electron chi connectivity index (χ3n) is 4.50. The molecule has 4 heterocycles. The number of carbonyl (C=O) groups is 1. The van der Waals surface area contributed by atoms with E-state index in [9.17, 15) is 13.6 Å². The number of likely N-dealkylation sites (tertiary alicyclic amines) is 1. The van der Waals surface area contributed by atoms with Gasteiger partial charge in [-0.15, -0.1) is 11.3 Å². The monoisotopic (exact) mass is 389 g/mol. The lowest BCUT2D eigenvalue weighted by atomic mass is 10.1. The highest BCUT2D eigenvalue weighted by Crippen LogP contribution is 2.27. The van der Waals surface area contributed by atoms with E-state index in [0.717, 1.165) is 6.20 Å². The number of aromatic nitrogens is 3. The van der Waals surface area contributed by atoms with E-state index in [2.05, 4.69) is 20.3 Å². The van der Waals surface area contributed by atoms with Crippen LogP contribution in [0, 0.1) is 5.82 Å². The number of amides is 1. The minimum Gasteiger partial charge on any atom is -0.348 e. The van der Waals surface area contributed by atoms with E-state index < -0.39 is 12.0 Å². The maximum Gasteiger partial charge on any atom is 0.274 e. The van der Waals surface area contributed by atoms with Gasteiger partial charge in [-0.25, -0.2) is 18.7 Å². The number of alkyl halides is 1. The van der Waals surface area contributed by atoms with Crippen molar-refractivity contribution in [2.45, 2.75) is 25.6 Å². The van der Waals surface area contributed by atoms with Crippen LogP contribution < -0.4 is 5.32 Å². The molecule has 4 rings (SSSR count). The molecule has 1 unspecified atom stereocenters. The average molecular weight is 389 g/mol. The van der Waals surface area contributed by atoms with E-state index in [1.165, 1.54) is 22.3 Å². The van der Waals surface area contributed by atoms with Gasteiger partial charge in [0.2, 0.25) is 5.95 Å². The number of carbonyl (C=O) groups excluding carboxylic acids is 1. The molecule has 27 heavy (non-hydrogen) atoms. The number of nitrogens with zero attached hydrogens (tertiary/aromatic N) is 4. The minimum absolute atomic E-state index is 0.0871. The van der Waals surface area contributed by atoms with Crippen LogP contribution in [0.15, 0.2) is 29.9 Å². The number of hydrogen-bond donors (Lipinski definition) is 1. The first kappa shape index (κ1) is 17.7. The number of halogens is 2. The molecule has 0 radical (unpaired) electrons. The second-order valence-corrected chi connectivity index (χ2v) is 7.39. The molecule has 0 bridgehead atoms. The first-order chi connectivity index (χ1) is 13.0. The summed E-state index contributed by atoms with van der Waals surface area (Å²) >= 11 is 1.37. The van der Waals surface area contributed by atoms with Gasteiger partial charge in [0.05, 0.1) is 29.0 Å². The molecule has 1 fully saturated rings. The topological polar surface area (TPSA) is 71.0 Å². The van der Waals surface area contributed by atoms with Crippen LogP contribution in [-0.4, -0.2) is 45.0 Å². The molecule has 1 aliphatic heterocycles. The van der Waals surface area contributed by atoms with Crippen molar-refractivity contribution in [1.29, 1.82) is 0 Å². The fourth-order valence-electron chi connectivity index (χ4n) is 3.07. The molecule has 0 saturated carbocycles. The highest BCUT2D eigenvalue weighted by molar-refractivity contribution is 7.17. The first-order valence-electron chi connectivity index (χ1n) is 8.57. The maximum absolute atomic E-state index is 13.5. The van der Waals surface area contributed by atoms with E-state index >= 15 is 0 Å². The molecule has 3 aromatic rings. The molecule has 140 valence electrons. The number of thiophene rings is 1. The molecule has 0 aromatic carbocycles. The predicted octanol–water partition coefficient (Wildman–Crippen LogP) is 3.58. The Morgan fingerprint density at radius 1 is 1.41 bits per heavy atom. The van der Waals surface area contributed by atoms with Crippen LogP contribution in [0.5, 0.6) is 0 Å². The summed E-state index contributed by atoms with van der Waals surface area (Å²) in [4.78, 5) is 27.0. The quantitative estimate of drug-likeness (QED) is 0.739. The van der Waals surface area contributed by atoms with Crippen LogP contribution in [0.1, 0.15) is 35.4 Å². The van der Waals surface area contributed by atoms with Crippen molar-refractivity contribution in [3.63, 3.8) is 0 Å². The Morgan fingerprint density at radius 2 is 2.26 bits per heavy atom. The van der Waals surface area contributed by atoms with Crippen LogP contribution in [0.3, 0.4) is 0 Å². The van der Waals surface area contributed by atoms with Gasteiger partial charge >= 0.3 is 0 Å². The fourth-order valence-corrected chi connectivity index (χ4v) is 3.88. The predicted molar refractivity (Wildman–Crippen MR) is 99.1 cm³/mol. The average Bonchev–Trinajstić information content (AvgIpc) is 3.29. The highest BCUT2D eigenvalue weighted by Gasteiger charge is 2.29. The fraction of sp³-hybridized carbons (Fsp3) is 0.333. The summed E-state index contributed by atoms with van der Waals surface area (Å²) in [6.07, 6.45) is 2.04. The van der Waals surface area contributed by atoms with E-state index in [0.29, 0.717) is 28.7 Å². The zero-order valence-electron chi connectivity index (χ0n) is 14.5. The van der Waals surface area contributed by atoms with Gasteiger partial charge in [-0.1, -0.05) is 0 Å². The summed E-state index contributed by atoms with van der Waals surface area (Å²) in [6, 6.07) is 2.88. The molecule has 1 N–H and O–H groups in total. The van der Waals surface area contributed by atoms with Crippen LogP contribution in [0.2, 0.25) is 0 Å². The van der Waals surface area contributed by atoms with Gasteiger partial charge in [0, 0.05) is 12.7 Å². The molecule has 1 aliphatic rings. The molecule has 3 aromatic heterocycles. The molecule has 6 nitrogen and oxygen atoms in total. The molecule has 0 aliphatic carbocycles. The summed E-state index contributed by atoms with van der Waals surface area (Å²) < 4.78 is 27.6. The number of pyridine rings is 1. The number of nitrogens with one attached hydrogen (secondary N) is 1. The Balaban J connectivity index is 1.65. The van der Waals surface area contributed by atoms with Crippen molar-refractivity contribution in [3.8, 4) is 0 Å². The van der Waals surface area contributed by atoms with Crippen LogP contribution in [-0.2, 0) is 0 Å².